The van der Waals surface area contributed by atoms with Crippen LogP contribution in [0.25, 0.3) is 11.0 Å². The molecule has 0 saturated carbocycles. The number of H-pyrrole nitrogens is 1. The lowest BCUT2D eigenvalue weighted by Crippen LogP contribution is -2.28. The second kappa shape index (κ2) is 5.59. The van der Waals surface area contributed by atoms with E-state index in [4.69, 9.17) is 4.74 Å². The number of nitrogens with zero attached hydrogens (tertiary/aromatic N) is 2. The molecule has 118 valence electrons. The van der Waals surface area contributed by atoms with Crippen molar-refractivity contribution in [1.82, 2.24) is 14.9 Å². The summed E-state index contributed by atoms with van der Waals surface area (Å²) in [5.41, 5.74) is 2.18. The number of fused-ring (bicyclic) bond motifs is 1. The lowest BCUT2D eigenvalue weighted by molar-refractivity contribution is 0.132. The summed E-state index contributed by atoms with van der Waals surface area (Å²) in [4.78, 5) is 21.0. The topological polar surface area (TPSA) is 58.2 Å². The van der Waals surface area contributed by atoms with E-state index in [1.54, 1.807) is 11.0 Å². The lowest BCUT2D eigenvalue weighted by Gasteiger charge is -2.13. The monoisotopic (exact) mass is 305 g/mol. The molecule has 2 aromatic rings. The van der Waals surface area contributed by atoms with Crippen LogP contribution < -0.4 is 0 Å². The first-order valence-corrected chi connectivity index (χ1v) is 7.52. The van der Waals surface area contributed by atoms with Crippen LogP contribution in [0.2, 0.25) is 0 Å². The van der Waals surface area contributed by atoms with E-state index < -0.39 is 0 Å². The number of methoxy groups -OCH3 is 1. The van der Waals surface area contributed by atoms with Crippen LogP contribution in [0.5, 0.6) is 0 Å². The van der Waals surface area contributed by atoms with Crippen LogP contribution >= 0.6 is 0 Å². The number of aromatic nitrogens is 2. The Labute approximate surface area is 128 Å². The van der Waals surface area contributed by atoms with Crippen molar-refractivity contribution in [3.8, 4) is 0 Å². The van der Waals surface area contributed by atoms with Crippen molar-refractivity contribution in [2.45, 2.75) is 32.1 Å². The standard InChI is InChI=1S/C16H20FN3O2/c1-9(2)11-4-5-12(17)14-13(11)18-15(19-14)10-6-7-20(8-10)16(21)22-3/h4-5,9-10H,6-8H2,1-3H3,(H,18,19)/t10-/m0/s1. The zero-order valence-electron chi connectivity index (χ0n) is 13.0. The maximum atomic E-state index is 14.0. The third-order valence-corrected chi connectivity index (χ3v) is 4.27. The number of rotatable bonds is 2. The SMILES string of the molecule is COC(=O)N1CC[C@H](c2nc3c(C(C)C)ccc(F)c3[nH]2)C1. The fourth-order valence-corrected chi connectivity index (χ4v) is 3.04. The van der Waals surface area contributed by atoms with Gasteiger partial charge in [0, 0.05) is 19.0 Å². The van der Waals surface area contributed by atoms with E-state index in [1.807, 2.05) is 0 Å². The molecular formula is C16H20FN3O2. The van der Waals surface area contributed by atoms with Crippen molar-refractivity contribution < 1.29 is 13.9 Å². The smallest absolute Gasteiger partial charge is 0.409 e. The first-order valence-electron chi connectivity index (χ1n) is 7.52. The normalized spacial score (nSPS) is 18.4. The Kier molecular flexibility index (Phi) is 3.76. The van der Waals surface area contributed by atoms with Gasteiger partial charge >= 0.3 is 6.09 Å². The van der Waals surface area contributed by atoms with Crippen molar-refractivity contribution in [3.63, 3.8) is 0 Å². The average Bonchev–Trinajstić information content (AvgIpc) is 3.13. The summed E-state index contributed by atoms with van der Waals surface area (Å²) in [5, 5.41) is 0. The van der Waals surface area contributed by atoms with Gasteiger partial charge in [0.05, 0.1) is 12.6 Å². The number of carbonyl (C=O) groups excluding carboxylic acids is 1. The number of amides is 1. The van der Waals surface area contributed by atoms with Crippen molar-refractivity contribution >= 4 is 17.1 Å². The molecule has 1 aromatic carbocycles. The second-order valence-electron chi connectivity index (χ2n) is 6.04. The minimum atomic E-state index is -0.326. The largest absolute Gasteiger partial charge is 0.453 e. The summed E-state index contributed by atoms with van der Waals surface area (Å²) in [7, 11) is 1.38. The van der Waals surface area contributed by atoms with E-state index in [1.165, 1.54) is 13.2 Å². The van der Waals surface area contributed by atoms with E-state index in [0.29, 0.717) is 24.1 Å². The molecule has 0 radical (unpaired) electrons. The van der Waals surface area contributed by atoms with Gasteiger partial charge in [-0.3, -0.25) is 0 Å². The van der Waals surface area contributed by atoms with Crippen LogP contribution in [0.4, 0.5) is 9.18 Å². The van der Waals surface area contributed by atoms with Crippen LogP contribution in [0, 0.1) is 5.82 Å². The Morgan fingerprint density at radius 1 is 1.50 bits per heavy atom. The Bertz CT molecular complexity index is 711. The molecule has 22 heavy (non-hydrogen) atoms. The molecule has 0 bridgehead atoms. The van der Waals surface area contributed by atoms with E-state index in [-0.39, 0.29) is 23.7 Å². The van der Waals surface area contributed by atoms with Crippen molar-refractivity contribution in [2.24, 2.45) is 0 Å². The van der Waals surface area contributed by atoms with E-state index in [9.17, 15) is 9.18 Å². The van der Waals surface area contributed by atoms with Gasteiger partial charge in [0.15, 0.2) is 0 Å². The van der Waals surface area contributed by atoms with E-state index in [2.05, 4.69) is 23.8 Å². The fraction of sp³-hybridized carbons (Fsp3) is 0.500. The Morgan fingerprint density at radius 2 is 2.27 bits per heavy atom. The molecule has 1 amide bonds. The fourth-order valence-electron chi connectivity index (χ4n) is 3.04. The number of carbonyl (C=O) groups is 1. The van der Waals surface area contributed by atoms with Crippen LogP contribution in [-0.4, -0.2) is 41.2 Å². The van der Waals surface area contributed by atoms with Crippen LogP contribution in [0.1, 0.15) is 43.5 Å². The predicted molar refractivity (Wildman–Crippen MR) is 81.5 cm³/mol. The molecule has 5 nitrogen and oxygen atoms in total. The highest BCUT2D eigenvalue weighted by atomic mass is 19.1. The van der Waals surface area contributed by atoms with Gasteiger partial charge in [-0.05, 0) is 24.0 Å². The molecule has 1 saturated heterocycles. The molecular weight excluding hydrogens is 285 g/mol. The highest BCUT2D eigenvalue weighted by molar-refractivity contribution is 5.80. The van der Waals surface area contributed by atoms with Crippen molar-refractivity contribution in [3.05, 3.63) is 29.3 Å². The Balaban J connectivity index is 1.94. The molecule has 0 spiro atoms. The minimum Gasteiger partial charge on any atom is -0.453 e. The molecule has 2 heterocycles. The summed E-state index contributed by atoms with van der Waals surface area (Å²) in [5.74, 6) is 0.815. The van der Waals surface area contributed by atoms with Gasteiger partial charge in [-0.15, -0.1) is 0 Å². The molecule has 3 rings (SSSR count). The van der Waals surface area contributed by atoms with Gasteiger partial charge < -0.3 is 14.6 Å². The molecule has 1 aromatic heterocycles. The Morgan fingerprint density at radius 3 is 2.95 bits per heavy atom. The summed E-state index contributed by atoms with van der Waals surface area (Å²) in [6.45, 7) is 5.31. The molecule has 0 unspecified atom stereocenters. The molecule has 1 fully saturated rings. The van der Waals surface area contributed by atoms with Crippen LogP contribution in [0.3, 0.4) is 0 Å². The zero-order valence-corrected chi connectivity index (χ0v) is 13.0. The molecule has 1 N–H and O–H groups in total. The highest BCUT2D eigenvalue weighted by Gasteiger charge is 2.30. The van der Waals surface area contributed by atoms with Gasteiger partial charge in [-0.1, -0.05) is 19.9 Å². The lowest BCUT2D eigenvalue weighted by atomic mass is 10.0. The number of likely N-dealkylation sites (tertiary alicyclic amines) is 1. The quantitative estimate of drug-likeness (QED) is 0.925. The number of hydrogen-bond acceptors (Lipinski definition) is 3. The number of ether oxygens (including phenoxy) is 1. The molecule has 1 aliphatic heterocycles. The minimum absolute atomic E-state index is 0.0888. The van der Waals surface area contributed by atoms with Gasteiger partial charge in [-0.25, -0.2) is 14.2 Å². The highest BCUT2D eigenvalue weighted by Crippen LogP contribution is 2.31. The number of benzene rings is 1. The van der Waals surface area contributed by atoms with Gasteiger partial charge in [0.2, 0.25) is 0 Å². The number of imidazole rings is 1. The van der Waals surface area contributed by atoms with Crippen LogP contribution in [-0.2, 0) is 4.74 Å². The molecule has 0 aliphatic carbocycles. The summed E-state index contributed by atoms with van der Waals surface area (Å²) in [6.07, 6.45) is 0.473. The number of aromatic amines is 1. The van der Waals surface area contributed by atoms with Gasteiger partial charge in [-0.2, -0.15) is 0 Å². The first-order chi connectivity index (χ1) is 10.5. The third-order valence-electron chi connectivity index (χ3n) is 4.27. The molecule has 1 atom stereocenters. The van der Waals surface area contributed by atoms with E-state index in [0.717, 1.165) is 17.8 Å². The third kappa shape index (κ3) is 2.42. The maximum Gasteiger partial charge on any atom is 0.409 e. The summed E-state index contributed by atoms with van der Waals surface area (Å²) in [6, 6.07) is 3.28. The molecule has 6 heteroatoms. The van der Waals surface area contributed by atoms with Crippen LogP contribution in [0.15, 0.2) is 12.1 Å². The van der Waals surface area contributed by atoms with Crippen molar-refractivity contribution in [2.75, 3.05) is 20.2 Å². The zero-order chi connectivity index (χ0) is 15.9. The Hall–Kier alpha value is -2.11. The van der Waals surface area contributed by atoms with Crippen molar-refractivity contribution in [1.29, 1.82) is 0 Å². The van der Waals surface area contributed by atoms with E-state index >= 15 is 0 Å². The van der Waals surface area contributed by atoms with Gasteiger partial charge in [0.1, 0.15) is 17.2 Å². The summed E-state index contributed by atoms with van der Waals surface area (Å²) < 4.78 is 18.8. The predicted octanol–water partition coefficient (Wildman–Crippen LogP) is 3.38. The maximum absolute atomic E-state index is 14.0. The second-order valence-corrected chi connectivity index (χ2v) is 6.04. The summed E-state index contributed by atoms with van der Waals surface area (Å²) >= 11 is 0. The number of hydrogen-bond donors (Lipinski definition) is 1. The first kappa shape index (κ1) is 14.8. The number of nitrogens with one attached hydrogen (secondary N) is 1. The average molecular weight is 305 g/mol. The number of halogens is 1. The van der Waals surface area contributed by atoms with Gasteiger partial charge in [0.25, 0.3) is 0 Å². The molecule has 1 aliphatic rings.